The number of hydrogen-bond donors (Lipinski definition) is 0. The number of benzene rings is 1. The van der Waals surface area contributed by atoms with Gasteiger partial charge in [0.05, 0.1) is 12.0 Å². The third-order valence-corrected chi connectivity index (χ3v) is 3.79. The van der Waals surface area contributed by atoms with Gasteiger partial charge in [-0.15, -0.1) is 0 Å². The monoisotopic (exact) mass is 301 g/mol. The molecule has 1 fully saturated rings. The van der Waals surface area contributed by atoms with Gasteiger partial charge in [0.15, 0.2) is 0 Å². The van der Waals surface area contributed by atoms with Crippen molar-refractivity contribution in [2.75, 3.05) is 13.1 Å². The highest BCUT2D eigenvalue weighted by Gasteiger charge is 2.18. The van der Waals surface area contributed by atoms with E-state index in [0.717, 1.165) is 25.9 Å². The molecule has 1 aromatic heterocycles. The Labute approximate surface area is 127 Å². The summed E-state index contributed by atoms with van der Waals surface area (Å²) in [6, 6.07) is 7.41. The number of halogens is 1. The van der Waals surface area contributed by atoms with Gasteiger partial charge in [0.1, 0.15) is 12.4 Å². The first-order chi connectivity index (χ1) is 10.6. The van der Waals surface area contributed by atoms with Gasteiger partial charge in [-0.3, -0.25) is 14.2 Å². The Bertz CT molecular complexity index is 751. The summed E-state index contributed by atoms with van der Waals surface area (Å²) in [5.41, 5.74) is 0.186. The zero-order valence-electron chi connectivity index (χ0n) is 12.0. The van der Waals surface area contributed by atoms with Gasteiger partial charge in [-0.1, -0.05) is 12.1 Å². The molecule has 0 atom stereocenters. The van der Waals surface area contributed by atoms with Crippen LogP contribution in [0.2, 0.25) is 0 Å². The molecule has 1 aliphatic heterocycles. The number of hydrogen-bond acceptors (Lipinski definition) is 3. The molecular weight excluding hydrogens is 285 g/mol. The van der Waals surface area contributed by atoms with Crippen molar-refractivity contribution in [1.29, 1.82) is 0 Å². The SMILES string of the molecule is O=C(Cn1cnc(-c2ccccc2F)cc1=O)N1CCCC1. The van der Waals surface area contributed by atoms with E-state index in [0.29, 0.717) is 0 Å². The van der Waals surface area contributed by atoms with Crippen molar-refractivity contribution in [2.24, 2.45) is 0 Å². The van der Waals surface area contributed by atoms with Crippen molar-refractivity contribution in [3.8, 4) is 11.3 Å². The van der Waals surface area contributed by atoms with Crippen molar-refractivity contribution in [3.05, 3.63) is 52.8 Å². The standard InChI is InChI=1S/C16H16FN3O2/c17-13-6-2-1-5-12(13)14-9-15(21)20(11-18-14)10-16(22)19-7-3-4-8-19/h1-2,5-6,9,11H,3-4,7-8,10H2. The number of likely N-dealkylation sites (tertiary alicyclic amines) is 1. The van der Waals surface area contributed by atoms with Gasteiger partial charge in [0.25, 0.3) is 5.56 Å². The number of carbonyl (C=O) groups excluding carboxylic acids is 1. The lowest BCUT2D eigenvalue weighted by molar-refractivity contribution is -0.130. The molecule has 1 aromatic carbocycles. The molecule has 0 unspecified atom stereocenters. The molecule has 2 heterocycles. The zero-order valence-corrected chi connectivity index (χ0v) is 12.0. The number of nitrogens with zero attached hydrogens (tertiary/aromatic N) is 3. The maximum Gasteiger partial charge on any atom is 0.254 e. The van der Waals surface area contributed by atoms with Gasteiger partial charge in [0.2, 0.25) is 5.91 Å². The lowest BCUT2D eigenvalue weighted by Crippen LogP contribution is -2.34. The summed E-state index contributed by atoms with van der Waals surface area (Å²) in [5, 5.41) is 0. The van der Waals surface area contributed by atoms with Crippen LogP contribution in [0.15, 0.2) is 41.5 Å². The van der Waals surface area contributed by atoms with Crippen molar-refractivity contribution in [2.45, 2.75) is 19.4 Å². The molecule has 6 heteroatoms. The second kappa shape index (κ2) is 6.09. The molecule has 0 bridgehead atoms. The Morgan fingerprint density at radius 2 is 1.95 bits per heavy atom. The summed E-state index contributed by atoms with van der Waals surface area (Å²) >= 11 is 0. The Morgan fingerprint density at radius 3 is 2.64 bits per heavy atom. The van der Waals surface area contributed by atoms with Crippen molar-refractivity contribution in [3.63, 3.8) is 0 Å². The van der Waals surface area contributed by atoms with Crippen LogP contribution in [0, 0.1) is 5.82 Å². The van der Waals surface area contributed by atoms with E-state index in [4.69, 9.17) is 0 Å². The Morgan fingerprint density at radius 1 is 1.23 bits per heavy atom. The molecule has 1 amide bonds. The molecular formula is C16H16FN3O2. The average molecular weight is 301 g/mol. The Hall–Kier alpha value is -2.50. The van der Waals surface area contributed by atoms with E-state index in [1.54, 1.807) is 23.1 Å². The molecule has 1 aliphatic rings. The van der Waals surface area contributed by atoms with Crippen LogP contribution >= 0.6 is 0 Å². The minimum atomic E-state index is -0.430. The fourth-order valence-corrected chi connectivity index (χ4v) is 2.57. The largest absolute Gasteiger partial charge is 0.341 e. The second-order valence-corrected chi connectivity index (χ2v) is 5.31. The lowest BCUT2D eigenvalue weighted by atomic mass is 10.1. The highest BCUT2D eigenvalue weighted by molar-refractivity contribution is 5.76. The molecule has 2 aromatic rings. The van der Waals surface area contributed by atoms with Crippen LogP contribution in [0.1, 0.15) is 12.8 Å². The minimum absolute atomic E-state index is 0.0244. The minimum Gasteiger partial charge on any atom is -0.341 e. The van der Waals surface area contributed by atoms with Gasteiger partial charge < -0.3 is 4.90 Å². The van der Waals surface area contributed by atoms with Crippen molar-refractivity contribution < 1.29 is 9.18 Å². The summed E-state index contributed by atoms with van der Waals surface area (Å²) in [6.07, 6.45) is 3.31. The molecule has 0 N–H and O–H groups in total. The number of carbonyl (C=O) groups is 1. The van der Waals surface area contributed by atoms with E-state index in [9.17, 15) is 14.0 Å². The van der Waals surface area contributed by atoms with Crippen molar-refractivity contribution >= 4 is 5.91 Å². The Balaban J connectivity index is 1.82. The molecule has 5 nitrogen and oxygen atoms in total. The van der Waals surface area contributed by atoms with E-state index in [-0.39, 0.29) is 29.3 Å². The molecule has 0 spiro atoms. The third-order valence-electron chi connectivity index (χ3n) is 3.79. The Kier molecular flexibility index (Phi) is 4.00. The van der Waals surface area contributed by atoms with Crippen LogP contribution in [0.4, 0.5) is 4.39 Å². The summed E-state index contributed by atoms with van der Waals surface area (Å²) in [7, 11) is 0. The predicted octanol–water partition coefficient (Wildman–Crippen LogP) is 1.67. The van der Waals surface area contributed by atoms with E-state index >= 15 is 0 Å². The van der Waals surface area contributed by atoms with E-state index in [1.807, 2.05) is 0 Å². The van der Waals surface area contributed by atoms with Crippen LogP contribution in [0.5, 0.6) is 0 Å². The highest BCUT2D eigenvalue weighted by Crippen LogP contribution is 2.18. The van der Waals surface area contributed by atoms with E-state index in [2.05, 4.69) is 4.98 Å². The summed E-state index contributed by atoms with van der Waals surface area (Å²) < 4.78 is 15.0. The topological polar surface area (TPSA) is 55.2 Å². The first-order valence-corrected chi connectivity index (χ1v) is 7.24. The van der Waals surface area contributed by atoms with Crippen LogP contribution in [-0.4, -0.2) is 33.4 Å². The molecule has 3 rings (SSSR count). The fourth-order valence-electron chi connectivity index (χ4n) is 2.57. The first kappa shape index (κ1) is 14.4. The molecule has 1 saturated heterocycles. The second-order valence-electron chi connectivity index (χ2n) is 5.31. The van der Waals surface area contributed by atoms with Gasteiger partial charge in [0, 0.05) is 24.7 Å². The lowest BCUT2D eigenvalue weighted by Gasteiger charge is -2.15. The van der Waals surface area contributed by atoms with Crippen LogP contribution in [0.25, 0.3) is 11.3 Å². The van der Waals surface area contributed by atoms with Gasteiger partial charge in [-0.2, -0.15) is 0 Å². The van der Waals surface area contributed by atoms with Crippen molar-refractivity contribution in [1.82, 2.24) is 14.5 Å². The molecule has 114 valence electrons. The van der Waals surface area contributed by atoms with Gasteiger partial charge >= 0.3 is 0 Å². The van der Waals surface area contributed by atoms with E-state index < -0.39 is 5.82 Å². The first-order valence-electron chi connectivity index (χ1n) is 7.24. The maximum absolute atomic E-state index is 13.7. The van der Waals surface area contributed by atoms with Gasteiger partial charge in [-0.05, 0) is 25.0 Å². The molecule has 0 saturated carbocycles. The maximum atomic E-state index is 13.7. The van der Waals surface area contributed by atoms with E-state index in [1.165, 1.54) is 23.0 Å². The zero-order chi connectivity index (χ0) is 15.5. The molecule has 0 aliphatic carbocycles. The average Bonchev–Trinajstić information content (AvgIpc) is 3.04. The smallest absolute Gasteiger partial charge is 0.254 e. The highest BCUT2D eigenvalue weighted by atomic mass is 19.1. The third kappa shape index (κ3) is 2.90. The quantitative estimate of drug-likeness (QED) is 0.866. The van der Waals surface area contributed by atoms with Crippen LogP contribution in [0.3, 0.4) is 0 Å². The summed E-state index contributed by atoms with van der Waals surface area (Å²) in [5.74, 6) is -0.514. The predicted molar refractivity (Wildman–Crippen MR) is 79.7 cm³/mol. The van der Waals surface area contributed by atoms with Crippen LogP contribution in [-0.2, 0) is 11.3 Å². The number of amides is 1. The molecule has 22 heavy (non-hydrogen) atoms. The number of rotatable bonds is 3. The fraction of sp³-hybridized carbons (Fsp3) is 0.312. The summed E-state index contributed by atoms with van der Waals surface area (Å²) in [6.45, 7) is 1.46. The van der Waals surface area contributed by atoms with Gasteiger partial charge in [-0.25, -0.2) is 9.37 Å². The number of aromatic nitrogens is 2. The molecule has 0 radical (unpaired) electrons. The van der Waals surface area contributed by atoms with Crippen LogP contribution < -0.4 is 5.56 Å². The normalized spacial score (nSPS) is 14.3. The summed E-state index contributed by atoms with van der Waals surface area (Å²) in [4.78, 5) is 30.0.